The van der Waals surface area contributed by atoms with Crippen molar-refractivity contribution in [2.45, 2.75) is 192 Å². The van der Waals surface area contributed by atoms with Crippen LogP contribution in [0.15, 0.2) is 77.8 Å². The Morgan fingerprint density at radius 2 is 1.49 bits per heavy atom. The molecule has 0 amide bonds. The molecule has 1 fully saturated rings. The lowest BCUT2D eigenvalue weighted by molar-refractivity contribution is -0.183. The van der Waals surface area contributed by atoms with E-state index in [-0.39, 0.29) is 37.9 Å². The van der Waals surface area contributed by atoms with Gasteiger partial charge in [-0.05, 0) is 76.7 Å². The Kier molecular flexibility index (Phi) is 31.5. The molecule has 1 aromatic rings. The second-order valence-electron chi connectivity index (χ2n) is 18.8. The van der Waals surface area contributed by atoms with Crippen LogP contribution in [-0.4, -0.2) is 114 Å². The fraction of sp³-hybridized carbons (Fsp3) is 0.673. The van der Waals surface area contributed by atoms with Gasteiger partial charge < -0.3 is 50.2 Å². The maximum absolute atomic E-state index is 14.3. The standard InChI is InChI=1S/C52H83N3O18P2/c1-3-5-7-8-9-10-11-12-13-14-15-16-17-18-19-20-26-30-48(60)71-40-36-68-47(59)29-25-22-21-24-28-42-44(58)35-43(57)41(32-31-39(56)27-23-6-4-2)49(61)50(62)45(38-70-75(66,67)73-74(64,65)69-37-40)72-51(42)55-34-33-46(53)54-52(55)63/h9-10,12-13,15-16,21,24,31-34,39-43,45,49-51,56-57,61-62H,3-8,11,14,17-20,22-23,25-30,35-38H2,1-2H3,(H,64,65)(H,66,67)(H2,53,54,63)/b10-9-,13-12-,16-15-,24-21-,32-31+/t39-,40+,41-,42-,43+,45+,49-,50+,51+/m0/s1. The van der Waals surface area contributed by atoms with Gasteiger partial charge in [0.05, 0.1) is 37.4 Å². The maximum Gasteiger partial charge on any atom is 0.481 e. The van der Waals surface area contributed by atoms with E-state index in [9.17, 15) is 58.5 Å². The van der Waals surface area contributed by atoms with Crippen molar-refractivity contribution in [1.82, 2.24) is 9.55 Å². The molecule has 424 valence electrons. The predicted octanol–water partition coefficient (Wildman–Crippen LogP) is 7.70. The molecule has 3 rings (SSSR count). The van der Waals surface area contributed by atoms with Crippen LogP contribution in [0.2, 0.25) is 0 Å². The SMILES string of the molecule is CCCCC/C=C\C/C=C\C/C=C\CCCCCCC(=O)O[C@@H]1COC(=O)CCC/C=C\C[C@H]2C(=O)C[C@@H](O)[C@H](/C=C/[C@@H](O)CCCCC)[C@H](O)[C@H](O)[C@@H](COP(=O)(O)OP(=O)(O)OC1)O[C@H]2n1ccc(N)nc1=O. The van der Waals surface area contributed by atoms with Crippen molar-refractivity contribution in [1.29, 1.82) is 0 Å². The van der Waals surface area contributed by atoms with E-state index in [2.05, 4.69) is 52.7 Å². The zero-order valence-electron chi connectivity index (χ0n) is 43.5. The van der Waals surface area contributed by atoms with E-state index in [1.165, 1.54) is 37.5 Å². The molecule has 0 spiro atoms. The zero-order valence-corrected chi connectivity index (χ0v) is 45.3. The van der Waals surface area contributed by atoms with Gasteiger partial charge in [-0.15, -0.1) is 0 Å². The fourth-order valence-corrected chi connectivity index (χ4v) is 10.3. The Bertz CT molecular complexity index is 2170. The Morgan fingerprint density at radius 3 is 2.17 bits per heavy atom. The monoisotopic (exact) mass is 1100 g/mol. The van der Waals surface area contributed by atoms with Crippen LogP contribution in [0.4, 0.5) is 5.82 Å². The van der Waals surface area contributed by atoms with Gasteiger partial charge in [-0.2, -0.15) is 9.29 Å². The van der Waals surface area contributed by atoms with Crippen LogP contribution >= 0.6 is 15.6 Å². The molecule has 0 aromatic carbocycles. The highest BCUT2D eigenvalue weighted by Gasteiger charge is 2.45. The minimum atomic E-state index is -5.73. The summed E-state index contributed by atoms with van der Waals surface area (Å²) in [5.41, 5.74) is 4.72. The number of aliphatic hydroxyl groups excluding tert-OH is 4. The number of allylic oxidation sites excluding steroid dienone is 8. The summed E-state index contributed by atoms with van der Waals surface area (Å²) in [6, 6.07) is 1.21. The number of nitrogen functional groups attached to an aromatic ring is 1. The molecule has 1 saturated heterocycles. The lowest BCUT2D eigenvalue weighted by Gasteiger charge is -2.38. The van der Waals surface area contributed by atoms with E-state index in [4.69, 9.17) is 29.0 Å². The van der Waals surface area contributed by atoms with Crippen molar-refractivity contribution in [2.24, 2.45) is 11.8 Å². The number of Topliss-reactive ketones (excluding diaryl/α,β-unsaturated/α-hetero) is 1. The summed E-state index contributed by atoms with van der Waals surface area (Å²) in [7, 11) is -11.3. The van der Waals surface area contributed by atoms with Crippen molar-refractivity contribution < 1.29 is 81.3 Å². The smallest absolute Gasteiger partial charge is 0.462 e. The number of ether oxygens (including phenoxy) is 3. The number of hydrogen-bond acceptors (Lipinski definition) is 18. The average Bonchev–Trinajstić information content (AvgIpc) is 3.35. The van der Waals surface area contributed by atoms with E-state index < -0.39 is 120 Å². The van der Waals surface area contributed by atoms with E-state index in [1.54, 1.807) is 12.2 Å². The first-order valence-electron chi connectivity index (χ1n) is 26.4. The highest BCUT2D eigenvalue weighted by atomic mass is 31.3. The van der Waals surface area contributed by atoms with Gasteiger partial charge in [0.25, 0.3) is 0 Å². The molecule has 2 aliphatic heterocycles. The number of ketones is 1. The van der Waals surface area contributed by atoms with Gasteiger partial charge in [-0.25, -0.2) is 13.9 Å². The Hall–Kier alpha value is -3.95. The highest BCUT2D eigenvalue weighted by Crippen LogP contribution is 2.60. The number of nitrogens with two attached hydrogens (primary N) is 1. The second-order valence-corrected chi connectivity index (χ2v) is 21.8. The van der Waals surface area contributed by atoms with Gasteiger partial charge >= 0.3 is 33.3 Å². The number of phosphoric acid groups is 2. The minimum absolute atomic E-state index is 0.0327. The zero-order chi connectivity index (χ0) is 55.1. The summed E-state index contributed by atoms with van der Waals surface area (Å²) in [4.78, 5) is 78.4. The Labute approximate surface area is 441 Å². The summed E-state index contributed by atoms with van der Waals surface area (Å²) in [6.45, 7) is 1.38. The first-order chi connectivity index (χ1) is 35.9. The van der Waals surface area contributed by atoms with Gasteiger partial charge in [0, 0.05) is 31.4 Å². The van der Waals surface area contributed by atoms with Crippen LogP contribution in [0.1, 0.15) is 155 Å². The van der Waals surface area contributed by atoms with Gasteiger partial charge in [-0.3, -0.25) is 28.0 Å². The van der Waals surface area contributed by atoms with Crippen LogP contribution < -0.4 is 11.4 Å². The number of esters is 2. The number of rotatable bonds is 23. The molecule has 11 atom stereocenters. The molecule has 2 unspecified atom stereocenters. The number of carbonyl (C=O) groups excluding carboxylic acids is 3. The number of anilines is 1. The molecule has 2 aliphatic rings. The molecule has 0 aliphatic carbocycles. The molecule has 23 heteroatoms. The molecule has 3 heterocycles. The lowest BCUT2D eigenvalue weighted by Crippen LogP contribution is -2.51. The first-order valence-corrected chi connectivity index (χ1v) is 29.4. The van der Waals surface area contributed by atoms with Crippen LogP contribution in [-0.2, 0) is 51.1 Å². The van der Waals surface area contributed by atoms with Crippen molar-refractivity contribution in [3.63, 3.8) is 0 Å². The average molecular weight is 1100 g/mol. The molecule has 1 aromatic heterocycles. The summed E-state index contributed by atoms with van der Waals surface area (Å²) in [5.74, 6) is -5.19. The normalized spacial score (nSPS) is 29.4. The quantitative estimate of drug-likeness (QED) is 0.0239. The van der Waals surface area contributed by atoms with Crippen LogP contribution in [0.3, 0.4) is 0 Å². The summed E-state index contributed by atoms with van der Waals surface area (Å²) < 4.78 is 58.9. The summed E-state index contributed by atoms with van der Waals surface area (Å²) in [5, 5.41) is 45.5. The van der Waals surface area contributed by atoms with Crippen molar-refractivity contribution in [3.05, 3.63) is 83.5 Å². The number of fused-ring (bicyclic) bond motifs is 3. The van der Waals surface area contributed by atoms with E-state index in [1.807, 2.05) is 6.92 Å². The molecular formula is C52H83N3O18P2. The number of cyclic esters (lactones) is 1. The predicted molar refractivity (Wildman–Crippen MR) is 280 cm³/mol. The maximum atomic E-state index is 14.3. The van der Waals surface area contributed by atoms with Gasteiger partial charge in [0.1, 0.15) is 36.6 Å². The minimum Gasteiger partial charge on any atom is -0.462 e. The van der Waals surface area contributed by atoms with E-state index >= 15 is 0 Å². The molecular weight excluding hydrogens is 1020 g/mol. The Balaban J connectivity index is 1.78. The van der Waals surface area contributed by atoms with Crippen LogP contribution in [0, 0.1) is 11.8 Å². The molecule has 0 saturated carbocycles. The van der Waals surface area contributed by atoms with Crippen molar-refractivity contribution >= 4 is 39.2 Å². The topological polar surface area (TPSA) is 323 Å². The number of carbonyl (C=O) groups is 3. The number of hydrogen-bond donors (Lipinski definition) is 7. The number of aromatic nitrogens is 2. The van der Waals surface area contributed by atoms with Crippen molar-refractivity contribution in [2.75, 3.05) is 25.6 Å². The third-order valence-electron chi connectivity index (χ3n) is 12.4. The van der Waals surface area contributed by atoms with Crippen LogP contribution in [0.5, 0.6) is 0 Å². The van der Waals surface area contributed by atoms with Gasteiger partial charge in [0.2, 0.25) is 0 Å². The molecule has 8 N–H and O–H groups in total. The summed E-state index contributed by atoms with van der Waals surface area (Å²) >= 11 is 0. The summed E-state index contributed by atoms with van der Waals surface area (Å²) in [6.07, 6.45) is 20.3. The number of aliphatic hydroxyl groups is 4. The molecule has 0 radical (unpaired) electrons. The highest BCUT2D eigenvalue weighted by molar-refractivity contribution is 7.61. The molecule has 21 nitrogen and oxygen atoms in total. The van der Waals surface area contributed by atoms with E-state index in [0.29, 0.717) is 25.7 Å². The van der Waals surface area contributed by atoms with Gasteiger partial charge in [-0.1, -0.05) is 120 Å². The second kappa shape index (κ2) is 36.2. The molecule has 2 bridgehead atoms. The fourth-order valence-electron chi connectivity index (χ4n) is 8.19. The molecule has 75 heavy (non-hydrogen) atoms. The van der Waals surface area contributed by atoms with E-state index in [0.717, 1.165) is 62.1 Å². The number of unbranched alkanes of at least 4 members (excludes halogenated alkanes) is 9. The Morgan fingerprint density at radius 1 is 0.853 bits per heavy atom. The van der Waals surface area contributed by atoms with Crippen molar-refractivity contribution in [3.8, 4) is 0 Å². The van der Waals surface area contributed by atoms with Crippen LogP contribution in [0.25, 0.3) is 0 Å². The third kappa shape index (κ3) is 26.8. The third-order valence-corrected chi connectivity index (χ3v) is 15.0. The number of nitrogens with zero attached hydrogens (tertiary/aromatic N) is 2. The first kappa shape index (κ1) is 65.3. The van der Waals surface area contributed by atoms with Gasteiger partial charge in [0.15, 0.2) is 6.10 Å². The number of phosphoric ester groups is 2. The largest absolute Gasteiger partial charge is 0.481 e. The lowest BCUT2D eigenvalue weighted by atomic mass is 9.83.